The Morgan fingerprint density at radius 3 is 2.79 bits per heavy atom. The molecule has 0 unspecified atom stereocenters. The van der Waals surface area contributed by atoms with Crippen LogP contribution in [0.2, 0.25) is 0 Å². The van der Waals surface area contributed by atoms with Gasteiger partial charge >= 0.3 is 0 Å². The lowest BCUT2D eigenvalue weighted by Gasteiger charge is -2.31. The number of nitriles is 1. The van der Waals surface area contributed by atoms with Crippen LogP contribution in [0.15, 0.2) is 12.4 Å². The average Bonchev–Trinajstić information content (AvgIpc) is 2.39. The molecule has 0 aromatic carbocycles. The Labute approximate surface area is 114 Å². The summed E-state index contributed by atoms with van der Waals surface area (Å²) in [4.78, 5) is 10.9. The fourth-order valence-electron chi connectivity index (χ4n) is 2.39. The van der Waals surface area contributed by atoms with Crippen molar-refractivity contribution >= 4 is 11.6 Å². The first-order chi connectivity index (χ1) is 9.19. The van der Waals surface area contributed by atoms with E-state index in [9.17, 15) is 0 Å². The van der Waals surface area contributed by atoms with Crippen LogP contribution < -0.4 is 10.2 Å². The SMILES string of the molecule is CC(C)Nc1cc(N2CCC(CC#N)CC2)ncn1. The van der Waals surface area contributed by atoms with E-state index in [4.69, 9.17) is 5.26 Å². The highest BCUT2D eigenvalue weighted by atomic mass is 15.2. The fourth-order valence-corrected chi connectivity index (χ4v) is 2.39. The van der Waals surface area contributed by atoms with Crippen molar-refractivity contribution in [3.8, 4) is 6.07 Å². The van der Waals surface area contributed by atoms with Crippen LogP contribution in [-0.2, 0) is 0 Å². The molecule has 0 atom stereocenters. The van der Waals surface area contributed by atoms with Crippen LogP contribution in [0.3, 0.4) is 0 Å². The van der Waals surface area contributed by atoms with Gasteiger partial charge in [-0.15, -0.1) is 0 Å². The van der Waals surface area contributed by atoms with Gasteiger partial charge < -0.3 is 10.2 Å². The molecule has 1 aliphatic heterocycles. The molecule has 5 nitrogen and oxygen atoms in total. The molecule has 0 saturated carbocycles. The molecule has 0 radical (unpaired) electrons. The topological polar surface area (TPSA) is 64.8 Å². The second-order valence-electron chi connectivity index (χ2n) is 5.35. The third-order valence-electron chi connectivity index (χ3n) is 3.41. The zero-order chi connectivity index (χ0) is 13.7. The van der Waals surface area contributed by atoms with Gasteiger partial charge in [-0.1, -0.05) is 0 Å². The zero-order valence-corrected chi connectivity index (χ0v) is 11.6. The van der Waals surface area contributed by atoms with Crippen molar-refractivity contribution in [2.75, 3.05) is 23.3 Å². The Hall–Kier alpha value is -1.83. The summed E-state index contributed by atoms with van der Waals surface area (Å²) in [6.45, 7) is 6.14. The van der Waals surface area contributed by atoms with E-state index >= 15 is 0 Å². The highest BCUT2D eigenvalue weighted by Gasteiger charge is 2.20. The molecule has 1 aliphatic rings. The molecule has 2 heterocycles. The number of anilines is 2. The number of hydrogen-bond donors (Lipinski definition) is 1. The highest BCUT2D eigenvalue weighted by molar-refractivity contribution is 5.48. The fraction of sp³-hybridized carbons (Fsp3) is 0.643. The quantitative estimate of drug-likeness (QED) is 0.899. The Morgan fingerprint density at radius 1 is 1.42 bits per heavy atom. The van der Waals surface area contributed by atoms with Crippen molar-refractivity contribution < 1.29 is 0 Å². The van der Waals surface area contributed by atoms with Crippen LogP contribution in [0.4, 0.5) is 11.6 Å². The standard InChI is InChI=1S/C14H21N5/c1-11(2)18-13-9-14(17-10-16-13)19-7-4-12(3-6-15)5-8-19/h9-12H,3-5,7-8H2,1-2H3,(H,16,17,18). The van der Waals surface area contributed by atoms with Crippen molar-refractivity contribution in [1.82, 2.24) is 9.97 Å². The van der Waals surface area contributed by atoms with Gasteiger partial charge in [0.05, 0.1) is 6.07 Å². The minimum absolute atomic E-state index is 0.365. The maximum Gasteiger partial charge on any atom is 0.134 e. The first-order valence-electron chi connectivity index (χ1n) is 6.89. The summed E-state index contributed by atoms with van der Waals surface area (Å²) < 4.78 is 0. The third kappa shape index (κ3) is 3.82. The molecule has 1 aromatic heterocycles. The number of nitrogens with one attached hydrogen (secondary N) is 1. The molecular weight excluding hydrogens is 238 g/mol. The largest absolute Gasteiger partial charge is 0.368 e. The molecule has 0 spiro atoms. The van der Waals surface area contributed by atoms with E-state index in [1.165, 1.54) is 0 Å². The van der Waals surface area contributed by atoms with Crippen molar-refractivity contribution in [3.05, 3.63) is 12.4 Å². The Bertz CT molecular complexity index is 443. The third-order valence-corrected chi connectivity index (χ3v) is 3.41. The van der Waals surface area contributed by atoms with Gasteiger partial charge in [-0.2, -0.15) is 5.26 Å². The average molecular weight is 259 g/mol. The molecule has 0 aliphatic carbocycles. The van der Waals surface area contributed by atoms with E-state index in [-0.39, 0.29) is 0 Å². The molecule has 1 aromatic rings. The number of hydrogen-bond acceptors (Lipinski definition) is 5. The van der Waals surface area contributed by atoms with Gasteiger partial charge in [-0.05, 0) is 32.6 Å². The van der Waals surface area contributed by atoms with Crippen LogP contribution in [0.25, 0.3) is 0 Å². The Kier molecular flexibility index (Phi) is 4.56. The molecule has 102 valence electrons. The number of rotatable bonds is 4. The Balaban J connectivity index is 1.97. The van der Waals surface area contributed by atoms with Gasteiger partial charge in [0, 0.05) is 31.6 Å². The minimum atomic E-state index is 0.365. The maximum absolute atomic E-state index is 8.73. The molecule has 5 heteroatoms. The van der Waals surface area contributed by atoms with Gasteiger partial charge in [0.15, 0.2) is 0 Å². The summed E-state index contributed by atoms with van der Waals surface area (Å²) in [7, 11) is 0. The zero-order valence-electron chi connectivity index (χ0n) is 11.6. The van der Waals surface area contributed by atoms with Crippen LogP contribution in [0.5, 0.6) is 0 Å². The predicted octanol–water partition coefficient (Wildman–Crippen LogP) is 2.43. The summed E-state index contributed by atoms with van der Waals surface area (Å²) >= 11 is 0. The van der Waals surface area contributed by atoms with Crippen LogP contribution in [0, 0.1) is 17.2 Å². The normalized spacial score (nSPS) is 16.4. The molecule has 1 saturated heterocycles. The molecule has 2 rings (SSSR count). The first-order valence-corrected chi connectivity index (χ1v) is 6.89. The van der Waals surface area contributed by atoms with E-state index in [1.54, 1.807) is 6.33 Å². The van der Waals surface area contributed by atoms with Gasteiger partial charge in [0.1, 0.15) is 18.0 Å². The van der Waals surface area contributed by atoms with Crippen molar-refractivity contribution in [3.63, 3.8) is 0 Å². The van der Waals surface area contributed by atoms with Gasteiger partial charge in [-0.3, -0.25) is 0 Å². The van der Waals surface area contributed by atoms with E-state index in [2.05, 4.69) is 40.1 Å². The number of nitrogens with zero attached hydrogens (tertiary/aromatic N) is 4. The summed E-state index contributed by atoms with van der Waals surface area (Å²) in [5.74, 6) is 2.41. The monoisotopic (exact) mass is 259 g/mol. The van der Waals surface area contributed by atoms with Crippen molar-refractivity contribution in [2.45, 2.75) is 39.2 Å². The first kappa shape index (κ1) is 13.6. The minimum Gasteiger partial charge on any atom is -0.368 e. The molecule has 0 amide bonds. The molecule has 0 bridgehead atoms. The lowest BCUT2D eigenvalue weighted by atomic mass is 9.94. The van der Waals surface area contributed by atoms with Crippen LogP contribution in [0.1, 0.15) is 33.1 Å². The summed E-state index contributed by atoms with van der Waals surface area (Å²) in [6.07, 6.45) is 4.44. The second kappa shape index (κ2) is 6.37. The van der Waals surface area contributed by atoms with Gasteiger partial charge in [0.2, 0.25) is 0 Å². The van der Waals surface area contributed by atoms with E-state index in [1.807, 2.05) is 6.07 Å². The lowest BCUT2D eigenvalue weighted by Crippen LogP contribution is -2.34. The summed E-state index contributed by atoms with van der Waals surface area (Å²) in [5.41, 5.74) is 0. The number of piperidine rings is 1. The van der Waals surface area contributed by atoms with Gasteiger partial charge in [0.25, 0.3) is 0 Å². The summed E-state index contributed by atoms with van der Waals surface area (Å²) in [5, 5.41) is 12.0. The highest BCUT2D eigenvalue weighted by Crippen LogP contribution is 2.24. The van der Waals surface area contributed by atoms with Crippen molar-refractivity contribution in [1.29, 1.82) is 5.26 Å². The van der Waals surface area contributed by atoms with Crippen LogP contribution >= 0.6 is 0 Å². The maximum atomic E-state index is 8.73. The van der Waals surface area contributed by atoms with Crippen molar-refractivity contribution in [2.24, 2.45) is 5.92 Å². The molecule has 19 heavy (non-hydrogen) atoms. The van der Waals surface area contributed by atoms with E-state index in [0.717, 1.165) is 37.6 Å². The number of aromatic nitrogens is 2. The molecular formula is C14H21N5. The van der Waals surface area contributed by atoms with E-state index < -0.39 is 0 Å². The smallest absolute Gasteiger partial charge is 0.134 e. The molecule has 1 fully saturated rings. The molecule has 1 N–H and O–H groups in total. The van der Waals surface area contributed by atoms with E-state index in [0.29, 0.717) is 18.4 Å². The Morgan fingerprint density at radius 2 is 2.16 bits per heavy atom. The predicted molar refractivity (Wildman–Crippen MR) is 76.0 cm³/mol. The lowest BCUT2D eigenvalue weighted by molar-refractivity contribution is 0.411. The van der Waals surface area contributed by atoms with Crippen LogP contribution in [-0.4, -0.2) is 29.1 Å². The van der Waals surface area contributed by atoms with Gasteiger partial charge in [-0.25, -0.2) is 9.97 Å². The summed E-state index contributed by atoms with van der Waals surface area (Å²) in [6, 6.07) is 4.64. The second-order valence-corrected chi connectivity index (χ2v) is 5.35.